The summed E-state index contributed by atoms with van der Waals surface area (Å²) in [6.07, 6.45) is 1.37. The first kappa shape index (κ1) is 27.3. The molecule has 2 amide bonds. The van der Waals surface area contributed by atoms with E-state index in [0.717, 1.165) is 11.8 Å². The van der Waals surface area contributed by atoms with Gasteiger partial charge in [-0.15, -0.1) is 0 Å². The standard InChI is InChI=1S/C25H34FN3O4S/c1-18(2)27-25(31)20(4)28(17-21-11-6-7-13-23(21)26)24(30)14-9-15-29(34(5,32)33)22-12-8-10-19(3)16-22/h6-8,10-13,16,18,20H,9,14-15,17H2,1-5H3,(H,27,31)/t20-/m0/s1. The summed E-state index contributed by atoms with van der Waals surface area (Å²) >= 11 is 0. The second-order valence-corrected chi connectivity index (χ2v) is 10.6. The van der Waals surface area contributed by atoms with Gasteiger partial charge in [-0.2, -0.15) is 0 Å². The van der Waals surface area contributed by atoms with Crippen molar-refractivity contribution in [1.29, 1.82) is 0 Å². The van der Waals surface area contributed by atoms with Gasteiger partial charge in [-0.3, -0.25) is 13.9 Å². The van der Waals surface area contributed by atoms with Crippen LogP contribution in [0.15, 0.2) is 48.5 Å². The molecule has 2 aromatic rings. The van der Waals surface area contributed by atoms with Gasteiger partial charge in [0.2, 0.25) is 21.8 Å². The molecule has 2 aromatic carbocycles. The average Bonchev–Trinajstić information content (AvgIpc) is 2.74. The molecule has 0 unspecified atom stereocenters. The number of sulfonamides is 1. The number of hydrogen-bond donors (Lipinski definition) is 1. The minimum absolute atomic E-state index is 0.00554. The molecule has 7 nitrogen and oxygen atoms in total. The van der Waals surface area contributed by atoms with Crippen LogP contribution in [0.4, 0.5) is 10.1 Å². The van der Waals surface area contributed by atoms with E-state index in [0.29, 0.717) is 11.3 Å². The zero-order valence-corrected chi connectivity index (χ0v) is 21.2. The second-order valence-electron chi connectivity index (χ2n) is 8.73. The molecule has 1 atom stereocenters. The van der Waals surface area contributed by atoms with Crippen LogP contribution in [0.3, 0.4) is 0 Å². The van der Waals surface area contributed by atoms with Gasteiger partial charge in [0, 0.05) is 31.1 Å². The Balaban J connectivity index is 2.18. The number of nitrogens with one attached hydrogen (secondary N) is 1. The van der Waals surface area contributed by atoms with Crippen molar-refractivity contribution in [3.05, 3.63) is 65.5 Å². The lowest BCUT2D eigenvalue weighted by atomic mass is 10.1. The normalized spacial score (nSPS) is 12.3. The Morgan fingerprint density at radius 1 is 1.06 bits per heavy atom. The first-order valence-electron chi connectivity index (χ1n) is 11.3. The molecule has 186 valence electrons. The summed E-state index contributed by atoms with van der Waals surface area (Å²) in [4.78, 5) is 27.1. The SMILES string of the molecule is Cc1cccc(N(CCCC(=O)N(Cc2ccccc2F)[C@@H](C)C(=O)NC(C)C)S(C)(=O)=O)c1. The lowest BCUT2D eigenvalue weighted by molar-refractivity contribution is -0.140. The van der Waals surface area contributed by atoms with Gasteiger partial charge >= 0.3 is 0 Å². The van der Waals surface area contributed by atoms with Gasteiger partial charge in [-0.25, -0.2) is 12.8 Å². The highest BCUT2D eigenvalue weighted by Gasteiger charge is 2.27. The van der Waals surface area contributed by atoms with E-state index in [-0.39, 0.29) is 43.8 Å². The first-order chi connectivity index (χ1) is 15.9. The second kappa shape index (κ2) is 12.0. The van der Waals surface area contributed by atoms with Gasteiger partial charge in [0.05, 0.1) is 11.9 Å². The van der Waals surface area contributed by atoms with Crippen molar-refractivity contribution in [2.45, 2.75) is 59.2 Å². The quantitative estimate of drug-likeness (QED) is 0.520. The summed E-state index contributed by atoms with van der Waals surface area (Å²) in [5, 5.41) is 2.79. The average molecular weight is 492 g/mol. The van der Waals surface area contributed by atoms with E-state index in [1.807, 2.05) is 26.8 Å². The molecule has 0 aliphatic heterocycles. The summed E-state index contributed by atoms with van der Waals surface area (Å²) in [6, 6.07) is 12.3. The van der Waals surface area contributed by atoms with Crippen LogP contribution >= 0.6 is 0 Å². The summed E-state index contributed by atoms with van der Waals surface area (Å²) in [5.74, 6) is -1.15. The fourth-order valence-electron chi connectivity index (χ4n) is 3.58. The molecule has 34 heavy (non-hydrogen) atoms. The van der Waals surface area contributed by atoms with Gasteiger partial charge in [-0.05, 0) is 57.9 Å². The predicted octanol–water partition coefficient (Wildman–Crippen LogP) is 3.62. The monoisotopic (exact) mass is 491 g/mol. The minimum Gasteiger partial charge on any atom is -0.352 e. The van der Waals surface area contributed by atoms with Crippen molar-refractivity contribution < 1.29 is 22.4 Å². The van der Waals surface area contributed by atoms with Crippen LogP contribution in [0.25, 0.3) is 0 Å². The molecule has 0 saturated heterocycles. The number of carbonyl (C=O) groups excluding carboxylic acids is 2. The van der Waals surface area contributed by atoms with Crippen molar-refractivity contribution in [2.24, 2.45) is 0 Å². The van der Waals surface area contributed by atoms with Crippen LogP contribution in [0.1, 0.15) is 44.7 Å². The third kappa shape index (κ3) is 7.83. The molecule has 0 fully saturated rings. The first-order valence-corrected chi connectivity index (χ1v) is 13.1. The topological polar surface area (TPSA) is 86.8 Å². The summed E-state index contributed by atoms with van der Waals surface area (Å²) in [5.41, 5.74) is 1.75. The van der Waals surface area contributed by atoms with E-state index in [2.05, 4.69) is 5.32 Å². The maximum Gasteiger partial charge on any atom is 0.242 e. The molecule has 2 rings (SSSR count). The van der Waals surface area contributed by atoms with E-state index in [9.17, 15) is 22.4 Å². The Labute approximate surface area is 202 Å². The maximum absolute atomic E-state index is 14.3. The Morgan fingerprint density at radius 2 is 1.74 bits per heavy atom. The number of anilines is 1. The van der Waals surface area contributed by atoms with Crippen LogP contribution in [0.5, 0.6) is 0 Å². The van der Waals surface area contributed by atoms with E-state index in [1.54, 1.807) is 43.3 Å². The van der Waals surface area contributed by atoms with Gasteiger partial charge in [-0.1, -0.05) is 30.3 Å². The van der Waals surface area contributed by atoms with Gasteiger partial charge < -0.3 is 10.2 Å². The van der Waals surface area contributed by atoms with Crippen LogP contribution in [0, 0.1) is 12.7 Å². The van der Waals surface area contributed by atoms with E-state index < -0.39 is 21.9 Å². The number of nitrogens with zero attached hydrogens (tertiary/aromatic N) is 2. The fraction of sp³-hybridized carbons (Fsp3) is 0.440. The number of benzene rings is 2. The Bertz CT molecular complexity index is 1100. The summed E-state index contributed by atoms with van der Waals surface area (Å²) < 4.78 is 40.3. The molecular weight excluding hydrogens is 457 g/mol. The van der Waals surface area contributed by atoms with Gasteiger partial charge in [0.25, 0.3) is 0 Å². The zero-order valence-electron chi connectivity index (χ0n) is 20.4. The minimum atomic E-state index is -3.56. The number of halogens is 1. The van der Waals surface area contributed by atoms with Crippen molar-refractivity contribution in [1.82, 2.24) is 10.2 Å². The molecule has 0 heterocycles. The lowest BCUT2D eigenvalue weighted by Crippen LogP contribution is -2.49. The van der Waals surface area contributed by atoms with E-state index in [4.69, 9.17) is 0 Å². The van der Waals surface area contributed by atoms with E-state index >= 15 is 0 Å². The zero-order chi connectivity index (χ0) is 25.5. The van der Waals surface area contributed by atoms with E-state index in [1.165, 1.54) is 15.3 Å². The molecule has 9 heteroatoms. The number of amides is 2. The van der Waals surface area contributed by atoms with Crippen LogP contribution in [0.2, 0.25) is 0 Å². The molecular formula is C25H34FN3O4S. The largest absolute Gasteiger partial charge is 0.352 e. The number of carbonyl (C=O) groups is 2. The summed E-state index contributed by atoms with van der Waals surface area (Å²) in [7, 11) is -3.56. The molecule has 0 radical (unpaired) electrons. The smallest absolute Gasteiger partial charge is 0.242 e. The van der Waals surface area contributed by atoms with Gasteiger partial charge in [0.15, 0.2) is 0 Å². The third-order valence-electron chi connectivity index (χ3n) is 5.34. The Hall–Kier alpha value is -2.94. The molecule has 0 aliphatic rings. The fourth-order valence-corrected chi connectivity index (χ4v) is 4.54. The third-order valence-corrected chi connectivity index (χ3v) is 6.53. The van der Waals surface area contributed by atoms with Crippen LogP contribution in [-0.4, -0.2) is 50.0 Å². The highest BCUT2D eigenvalue weighted by atomic mass is 32.2. The van der Waals surface area contributed by atoms with Crippen LogP contribution in [-0.2, 0) is 26.2 Å². The molecule has 1 N–H and O–H groups in total. The molecule has 0 aliphatic carbocycles. The maximum atomic E-state index is 14.3. The molecule has 0 bridgehead atoms. The van der Waals surface area contributed by atoms with Crippen molar-refractivity contribution in [3.63, 3.8) is 0 Å². The number of aryl methyl sites for hydroxylation is 1. The van der Waals surface area contributed by atoms with Crippen molar-refractivity contribution in [2.75, 3.05) is 17.1 Å². The summed E-state index contributed by atoms with van der Waals surface area (Å²) in [6.45, 7) is 7.15. The number of hydrogen-bond acceptors (Lipinski definition) is 4. The van der Waals surface area contributed by atoms with Crippen molar-refractivity contribution >= 4 is 27.5 Å². The van der Waals surface area contributed by atoms with Crippen LogP contribution < -0.4 is 9.62 Å². The molecule has 0 saturated carbocycles. The Kier molecular flexibility index (Phi) is 9.61. The lowest BCUT2D eigenvalue weighted by Gasteiger charge is -2.30. The number of rotatable bonds is 11. The highest BCUT2D eigenvalue weighted by Crippen LogP contribution is 2.20. The highest BCUT2D eigenvalue weighted by molar-refractivity contribution is 7.92. The van der Waals surface area contributed by atoms with Crippen molar-refractivity contribution in [3.8, 4) is 0 Å². The predicted molar refractivity (Wildman–Crippen MR) is 132 cm³/mol. The molecule has 0 aromatic heterocycles. The molecule has 0 spiro atoms. The Morgan fingerprint density at radius 3 is 2.32 bits per heavy atom. The van der Waals surface area contributed by atoms with Gasteiger partial charge in [0.1, 0.15) is 11.9 Å².